The van der Waals surface area contributed by atoms with Gasteiger partial charge in [0.1, 0.15) is 0 Å². The van der Waals surface area contributed by atoms with Crippen molar-refractivity contribution in [1.29, 1.82) is 0 Å². The van der Waals surface area contributed by atoms with E-state index in [1.54, 1.807) is 4.90 Å². The van der Waals surface area contributed by atoms with Crippen molar-refractivity contribution < 1.29 is 23.1 Å². The molecule has 8 heteroatoms. The smallest absolute Gasteiger partial charge is 0.317 e. The summed E-state index contributed by atoms with van der Waals surface area (Å²) in [6.07, 6.45) is 0.665. The standard InChI is InChI=1S/C12H24N2O5S/c1-11(2)19-8-9-20(17,18)14-5-3-4-13(6-7-14)10-12(15)16/h11H,3-10H2,1-2H3,(H,15,16). The Balaban J connectivity index is 2.48. The SMILES string of the molecule is CC(C)OCCS(=O)(=O)N1CCCN(CC(=O)O)CC1. The third kappa shape index (κ3) is 6.17. The average Bonchev–Trinajstić information content (AvgIpc) is 2.53. The number of hydrogen-bond acceptors (Lipinski definition) is 5. The Hall–Kier alpha value is -0.700. The van der Waals surface area contributed by atoms with Crippen LogP contribution in [0.1, 0.15) is 20.3 Å². The first kappa shape index (κ1) is 17.4. The van der Waals surface area contributed by atoms with Crippen molar-refractivity contribution in [1.82, 2.24) is 9.21 Å². The van der Waals surface area contributed by atoms with Crippen molar-refractivity contribution in [3.63, 3.8) is 0 Å². The predicted molar refractivity (Wildman–Crippen MR) is 75.1 cm³/mol. The van der Waals surface area contributed by atoms with E-state index in [1.807, 2.05) is 13.8 Å². The summed E-state index contributed by atoms with van der Waals surface area (Å²) in [7, 11) is -3.32. The highest BCUT2D eigenvalue weighted by Gasteiger charge is 2.25. The topological polar surface area (TPSA) is 87.2 Å². The van der Waals surface area contributed by atoms with Crippen LogP contribution in [0.5, 0.6) is 0 Å². The van der Waals surface area contributed by atoms with Gasteiger partial charge in [-0.2, -0.15) is 0 Å². The van der Waals surface area contributed by atoms with E-state index in [-0.39, 0.29) is 25.0 Å². The van der Waals surface area contributed by atoms with Gasteiger partial charge in [0, 0.05) is 26.2 Å². The molecule has 1 fully saturated rings. The molecule has 0 bridgehead atoms. The molecule has 0 saturated carbocycles. The van der Waals surface area contributed by atoms with Crippen molar-refractivity contribution in [3.8, 4) is 0 Å². The molecule has 0 unspecified atom stereocenters. The summed E-state index contributed by atoms with van der Waals surface area (Å²) in [5, 5.41) is 8.76. The van der Waals surface area contributed by atoms with Crippen LogP contribution in [0.2, 0.25) is 0 Å². The molecule has 0 aromatic rings. The summed E-state index contributed by atoms with van der Waals surface area (Å²) in [6, 6.07) is 0. The van der Waals surface area contributed by atoms with E-state index in [1.165, 1.54) is 4.31 Å². The highest BCUT2D eigenvalue weighted by Crippen LogP contribution is 2.09. The van der Waals surface area contributed by atoms with Gasteiger partial charge in [0.25, 0.3) is 0 Å². The fraction of sp³-hybridized carbons (Fsp3) is 0.917. The third-order valence-corrected chi connectivity index (χ3v) is 4.93. The van der Waals surface area contributed by atoms with E-state index < -0.39 is 16.0 Å². The second kappa shape index (κ2) is 7.92. The Morgan fingerprint density at radius 2 is 1.95 bits per heavy atom. The maximum atomic E-state index is 12.2. The molecule has 0 amide bonds. The van der Waals surface area contributed by atoms with E-state index in [4.69, 9.17) is 9.84 Å². The quantitative estimate of drug-likeness (QED) is 0.703. The minimum Gasteiger partial charge on any atom is -0.480 e. The number of carboxylic acids is 1. The number of carboxylic acid groups (broad SMARTS) is 1. The zero-order chi connectivity index (χ0) is 15.2. The van der Waals surface area contributed by atoms with Gasteiger partial charge in [-0.05, 0) is 20.3 Å². The molecule has 7 nitrogen and oxygen atoms in total. The lowest BCUT2D eigenvalue weighted by molar-refractivity contribution is -0.138. The molecule has 0 spiro atoms. The number of sulfonamides is 1. The molecular weight excluding hydrogens is 284 g/mol. The highest BCUT2D eigenvalue weighted by molar-refractivity contribution is 7.89. The number of nitrogens with zero attached hydrogens (tertiary/aromatic N) is 2. The van der Waals surface area contributed by atoms with Gasteiger partial charge >= 0.3 is 5.97 Å². The fourth-order valence-corrected chi connectivity index (χ4v) is 3.43. The van der Waals surface area contributed by atoms with Crippen LogP contribution in [0.4, 0.5) is 0 Å². The highest BCUT2D eigenvalue weighted by atomic mass is 32.2. The van der Waals surface area contributed by atoms with Gasteiger partial charge in [-0.25, -0.2) is 12.7 Å². The van der Waals surface area contributed by atoms with E-state index in [0.717, 1.165) is 0 Å². The van der Waals surface area contributed by atoms with Crippen LogP contribution in [-0.4, -0.2) is 79.9 Å². The number of rotatable bonds is 7. The summed E-state index contributed by atoms with van der Waals surface area (Å²) in [5.41, 5.74) is 0. The maximum absolute atomic E-state index is 12.2. The van der Waals surface area contributed by atoms with Crippen molar-refractivity contribution in [2.75, 3.05) is 45.1 Å². The van der Waals surface area contributed by atoms with E-state index in [0.29, 0.717) is 32.6 Å². The molecule has 0 aromatic heterocycles. The Bertz CT molecular complexity index is 410. The first-order chi connectivity index (χ1) is 9.31. The minimum atomic E-state index is -3.32. The van der Waals surface area contributed by atoms with Gasteiger partial charge in [0.2, 0.25) is 10.0 Å². The summed E-state index contributed by atoms with van der Waals surface area (Å²) < 4.78 is 31.0. The lowest BCUT2D eigenvalue weighted by atomic mass is 10.4. The largest absolute Gasteiger partial charge is 0.480 e. The molecule has 1 aliphatic rings. The van der Waals surface area contributed by atoms with Gasteiger partial charge in [0.15, 0.2) is 0 Å². The Kier molecular flexibility index (Phi) is 6.87. The molecule has 0 radical (unpaired) electrons. The van der Waals surface area contributed by atoms with Crippen molar-refractivity contribution in [3.05, 3.63) is 0 Å². The van der Waals surface area contributed by atoms with Crippen molar-refractivity contribution in [2.24, 2.45) is 0 Å². The molecule has 1 heterocycles. The minimum absolute atomic E-state index is 0.0143. The van der Waals surface area contributed by atoms with Crippen molar-refractivity contribution >= 4 is 16.0 Å². The Morgan fingerprint density at radius 3 is 2.55 bits per heavy atom. The van der Waals surface area contributed by atoms with E-state index in [9.17, 15) is 13.2 Å². The van der Waals surface area contributed by atoms with Gasteiger partial charge < -0.3 is 9.84 Å². The lowest BCUT2D eigenvalue weighted by Crippen LogP contribution is -2.38. The molecule has 1 rings (SSSR count). The average molecular weight is 308 g/mol. The maximum Gasteiger partial charge on any atom is 0.317 e. The summed E-state index contributed by atoms with van der Waals surface area (Å²) in [5.74, 6) is -0.906. The molecule has 20 heavy (non-hydrogen) atoms. The third-order valence-electron chi connectivity index (χ3n) is 3.09. The van der Waals surface area contributed by atoms with Crippen LogP contribution < -0.4 is 0 Å². The van der Waals surface area contributed by atoms with Crippen LogP contribution in [0.3, 0.4) is 0 Å². The molecule has 0 aliphatic carbocycles. The van der Waals surface area contributed by atoms with Crippen molar-refractivity contribution in [2.45, 2.75) is 26.4 Å². The number of hydrogen-bond donors (Lipinski definition) is 1. The van der Waals surface area contributed by atoms with Gasteiger partial charge in [-0.15, -0.1) is 0 Å². The number of ether oxygens (including phenoxy) is 1. The predicted octanol–water partition coefficient (Wildman–Crippen LogP) is -0.166. The van der Waals surface area contributed by atoms with Crippen LogP contribution in [-0.2, 0) is 19.6 Å². The van der Waals surface area contributed by atoms with Crippen LogP contribution in [0.25, 0.3) is 0 Å². The Morgan fingerprint density at radius 1 is 1.25 bits per heavy atom. The number of carbonyl (C=O) groups is 1. The second-order valence-electron chi connectivity index (χ2n) is 5.16. The van der Waals surface area contributed by atoms with Crippen LogP contribution >= 0.6 is 0 Å². The summed E-state index contributed by atoms with van der Waals surface area (Å²) in [6.45, 7) is 5.74. The molecule has 1 aliphatic heterocycles. The summed E-state index contributed by atoms with van der Waals surface area (Å²) >= 11 is 0. The zero-order valence-corrected chi connectivity index (χ0v) is 12.9. The van der Waals surface area contributed by atoms with Gasteiger partial charge in [-0.3, -0.25) is 9.69 Å². The zero-order valence-electron chi connectivity index (χ0n) is 12.1. The first-order valence-electron chi connectivity index (χ1n) is 6.85. The molecule has 1 saturated heterocycles. The van der Waals surface area contributed by atoms with E-state index >= 15 is 0 Å². The number of aliphatic carboxylic acids is 1. The van der Waals surface area contributed by atoms with Gasteiger partial charge in [-0.1, -0.05) is 0 Å². The normalized spacial score (nSPS) is 19.1. The molecule has 118 valence electrons. The van der Waals surface area contributed by atoms with Crippen LogP contribution in [0.15, 0.2) is 0 Å². The van der Waals surface area contributed by atoms with E-state index in [2.05, 4.69) is 0 Å². The monoisotopic (exact) mass is 308 g/mol. The van der Waals surface area contributed by atoms with Gasteiger partial charge in [0.05, 0.1) is 25.0 Å². The summed E-state index contributed by atoms with van der Waals surface area (Å²) in [4.78, 5) is 12.4. The molecule has 1 N–H and O–H groups in total. The Labute approximate surface area is 120 Å². The first-order valence-corrected chi connectivity index (χ1v) is 8.46. The molecule has 0 atom stereocenters. The fourth-order valence-electron chi connectivity index (χ4n) is 2.09. The molecular formula is C12H24N2O5S. The molecule has 0 aromatic carbocycles. The lowest BCUT2D eigenvalue weighted by Gasteiger charge is -2.21. The second-order valence-corrected chi connectivity index (χ2v) is 7.25. The van der Waals surface area contributed by atoms with Crippen LogP contribution in [0, 0.1) is 0 Å².